The van der Waals surface area contributed by atoms with Crippen molar-refractivity contribution in [1.29, 1.82) is 0 Å². The van der Waals surface area contributed by atoms with E-state index in [4.69, 9.17) is 4.74 Å². The maximum Gasteiger partial charge on any atom is 0.238 e. The summed E-state index contributed by atoms with van der Waals surface area (Å²) in [5, 5.41) is 11.2. The fraction of sp³-hybridized carbons (Fsp3) is 0.216. The van der Waals surface area contributed by atoms with E-state index in [9.17, 15) is 29.1 Å². The van der Waals surface area contributed by atoms with Gasteiger partial charge >= 0.3 is 0 Å². The van der Waals surface area contributed by atoms with Gasteiger partial charge in [-0.05, 0) is 62.1 Å². The highest BCUT2D eigenvalue weighted by atomic mass is 16.5. The van der Waals surface area contributed by atoms with Crippen molar-refractivity contribution in [3.8, 4) is 11.5 Å². The van der Waals surface area contributed by atoms with Crippen LogP contribution in [0.1, 0.15) is 47.2 Å². The van der Waals surface area contributed by atoms with Gasteiger partial charge in [0.05, 0.1) is 24.6 Å². The number of anilines is 1. The highest BCUT2D eigenvalue weighted by Gasteiger charge is 2.57. The fourth-order valence-corrected chi connectivity index (χ4v) is 7.43. The summed E-state index contributed by atoms with van der Waals surface area (Å²) in [6, 6.07) is 20.3. The van der Waals surface area contributed by atoms with Crippen LogP contribution in [0.5, 0.6) is 11.5 Å². The van der Waals surface area contributed by atoms with Gasteiger partial charge in [-0.1, -0.05) is 54.1 Å². The van der Waals surface area contributed by atoms with Crippen molar-refractivity contribution >= 4 is 34.9 Å². The van der Waals surface area contributed by atoms with Crippen LogP contribution in [-0.2, 0) is 19.2 Å². The van der Waals surface area contributed by atoms with Crippen LogP contribution in [0.15, 0.2) is 107 Å². The van der Waals surface area contributed by atoms with Gasteiger partial charge in [0, 0.05) is 39.3 Å². The lowest BCUT2D eigenvalue weighted by Crippen LogP contribution is -2.39. The SMILES string of the molecule is COc1cccc(C2C3=CCC4C(=O)N(c5ccc(C(=O)c6ccccc6)cc5)C(=O)C4C3CC3=C2C(=O)C(C)=CC3=O)c1O. The lowest BCUT2D eigenvalue weighted by atomic mass is 9.59. The number of hydrogen-bond acceptors (Lipinski definition) is 7. The third-order valence-corrected chi connectivity index (χ3v) is 9.55. The van der Waals surface area contributed by atoms with Crippen molar-refractivity contribution in [3.63, 3.8) is 0 Å². The smallest absolute Gasteiger partial charge is 0.238 e. The summed E-state index contributed by atoms with van der Waals surface area (Å²) in [5.74, 6) is -4.13. The summed E-state index contributed by atoms with van der Waals surface area (Å²) in [6.07, 6.45) is 3.63. The Morgan fingerprint density at radius 3 is 2.29 bits per heavy atom. The number of hydrogen-bond donors (Lipinski definition) is 1. The Bertz CT molecular complexity index is 1920. The lowest BCUT2D eigenvalue weighted by molar-refractivity contribution is -0.123. The molecule has 0 radical (unpaired) electrons. The number of nitrogens with zero attached hydrogens (tertiary/aromatic N) is 1. The molecule has 8 heteroatoms. The number of ether oxygens (including phenoxy) is 1. The molecule has 0 aromatic heterocycles. The molecule has 3 aromatic rings. The first kappa shape index (κ1) is 28.4. The number of ketones is 3. The van der Waals surface area contributed by atoms with Gasteiger partial charge in [-0.15, -0.1) is 0 Å². The monoisotopic (exact) mass is 599 g/mol. The molecule has 1 aliphatic heterocycles. The van der Waals surface area contributed by atoms with Gasteiger partial charge in [0.2, 0.25) is 11.8 Å². The molecule has 2 amide bonds. The van der Waals surface area contributed by atoms with E-state index < -0.39 is 23.7 Å². The number of phenols is 1. The first-order valence-corrected chi connectivity index (χ1v) is 14.8. The molecule has 1 N–H and O–H groups in total. The number of aromatic hydroxyl groups is 1. The molecule has 0 bridgehead atoms. The number of Topliss-reactive ketones (excluding diaryl/α,β-unsaturated/α-hetero) is 1. The topological polar surface area (TPSA) is 118 Å². The van der Waals surface area contributed by atoms with E-state index in [1.165, 1.54) is 18.1 Å². The Morgan fingerprint density at radius 2 is 1.58 bits per heavy atom. The zero-order chi connectivity index (χ0) is 31.6. The number of phenolic OH excluding ortho intramolecular Hbond substituents is 1. The maximum absolute atomic E-state index is 14.2. The van der Waals surface area contributed by atoms with Gasteiger partial charge in [0.1, 0.15) is 0 Å². The first-order valence-electron chi connectivity index (χ1n) is 14.8. The summed E-state index contributed by atoms with van der Waals surface area (Å²) in [6.45, 7) is 1.60. The van der Waals surface area contributed by atoms with Gasteiger partial charge in [-0.2, -0.15) is 0 Å². The predicted molar refractivity (Wildman–Crippen MR) is 165 cm³/mol. The average Bonchev–Trinajstić information content (AvgIpc) is 3.32. The minimum Gasteiger partial charge on any atom is -0.504 e. The lowest BCUT2D eigenvalue weighted by Gasteiger charge is -2.42. The summed E-state index contributed by atoms with van der Waals surface area (Å²) in [5.41, 5.74) is 3.39. The Kier molecular flexibility index (Phi) is 6.73. The highest BCUT2D eigenvalue weighted by molar-refractivity contribution is 6.25. The molecule has 45 heavy (non-hydrogen) atoms. The number of para-hydroxylation sites is 1. The minimum absolute atomic E-state index is 0.134. The number of fused-ring (bicyclic) bond motifs is 3. The number of carbonyl (C=O) groups is 5. The van der Waals surface area contributed by atoms with E-state index >= 15 is 0 Å². The molecule has 1 fully saturated rings. The number of imide groups is 1. The van der Waals surface area contributed by atoms with Gasteiger partial charge < -0.3 is 9.84 Å². The zero-order valence-electron chi connectivity index (χ0n) is 24.7. The summed E-state index contributed by atoms with van der Waals surface area (Å²) < 4.78 is 5.35. The molecular formula is C37H29NO7. The summed E-state index contributed by atoms with van der Waals surface area (Å²) >= 11 is 0. The van der Waals surface area contributed by atoms with Crippen LogP contribution in [0.25, 0.3) is 0 Å². The second kappa shape index (κ2) is 10.7. The molecule has 1 saturated heterocycles. The number of methoxy groups -OCH3 is 1. The van der Waals surface area contributed by atoms with Gasteiger partial charge in [-0.3, -0.25) is 28.9 Å². The number of benzene rings is 3. The van der Waals surface area contributed by atoms with E-state index in [1.54, 1.807) is 73.7 Å². The van der Waals surface area contributed by atoms with Crippen LogP contribution in [0.3, 0.4) is 0 Å². The van der Waals surface area contributed by atoms with E-state index in [0.29, 0.717) is 39.1 Å². The number of carbonyl (C=O) groups excluding carboxylic acids is 5. The van der Waals surface area contributed by atoms with E-state index in [-0.39, 0.29) is 53.5 Å². The number of allylic oxidation sites excluding steroid dienone is 6. The van der Waals surface area contributed by atoms with Crippen LogP contribution in [0, 0.1) is 17.8 Å². The Labute approximate surface area is 259 Å². The molecule has 8 nitrogen and oxygen atoms in total. The normalized spacial score (nSPS) is 24.1. The number of amides is 2. The van der Waals surface area contributed by atoms with E-state index in [1.807, 2.05) is 12.1 Å². The van der Waals surface area contributed by atoms with Crippen LogP contribution in [-0.4, -0.2) is 41.4 Å². The molecule has 1 heterocycles. The molecule has 3 aliphatic carbocycles. The van der Waals surface area contributed by atoms with Crippen molar-refractivity contribution in [3.05, 3.63) is 124 Å². The van der Waals surface area contributed by atoms with E-state index in [2.05, 4.69) is 0 Å². The van der Waals surface area contributed by atoms with Gasteiger partial charge in [0.15, 0.2) is 28.8 Å². The molecule has 0 spiro atoms. The molecule has 3 aromatic carbocycles. The molecule has 4 unspecified atom stereocenters. The second-order valence-electron chi connectivity index (χ2n) is 11.9. The molecular weight excluding hydrogens is 570 g/mol. The van der Waals surface area contributed by atoms with Crippen molar-refractivity contribution in [2.45, 2.75) is 25.7 Å². The van der Waals surface area contributed by atoms with Gasteiger partial charge in [0.25, 0.3) is 0 Å². The van der Waals surface area contributed by atoms with Gasteiger partial charge in [-0.25, -0.2) is 0 Å². The highest BCUT2D eigenvalue weighted by Crippen LogP contribution is 2.57. The van der Waals surface area contributed by atoms with Crippen LogP contribution in [0.4, 0.5) is 5.69 Å². The minimum atomic E-state index is -0.782. The Balaban J connectivity index is 1.27. The second-order valence-corrected chi connectivity index (χ2v) is 11.9. The Morgan fingerprint density at radius 1 is 0.867 bits per heavy atom. The Hall–Kier alpha value is -5.37. The third-order valence-electron chi connectivity index (χ3n) is 9.55. The molecule has 224 valence electrons. The zero-order valence-corrected chi connectivity index (χ0v) is 24.7. The van der Waals surface area contributed by atoms with E-state index in [0.717, 1.165) is 5.57 Å². The molecule has 4 atom stereocenters. The molecule has 4 aliphatic rings. The predicted octanol–water partition coefficient (Wildman–Crippen LogP) is 5.27. The van der Waals surface area contributed by atoms with Crippen molar-refractivity contribution in [2.24, 2.45) is 17.8 Å². The number of rotatable bonds is 5. The summed E-state index contributed by atoms with van der Waals surface area (Å²) in [4.78, 5) is 69.1. The fourth-order valence-electron chi connectivity index (χ4n) is 7.43. The van der Waals surface area contributed by atoms with Crippen molar-refractivity contribution in [2.75, 3.05) is 12.0 Å². The van der Waals surface area contributed by atoms with Crippen LogP contribution >= 0.6 is 0 Å². The van der Waals surface area contributed by atoms with Crippen molar-refractivity contribution < 1.29 is 33.8 Å². The standard InChI is InChI=1S/C37H29NO7/c1-19-17-28(39)27-18-26-23(30(32(27)33(19)40)24-9-6-10-29(45-2)35(24)42)15-16-25-31(26)37(44)38(36(25)43)22-13-11-21(12-14-22)34(41)20-7-4-3-5-8-20/h3-15,17,25-26,30-31,42H,16,18H2,1-2H3. The maximum atomic E-state index is 14.2. The third kappa shape index (κ3) is 4.31. The largest absolute Gasteiger partial charge is 0.504 e. The quantitative estimate of drug-likeness (QED) is 0.184. The van der Waals surface area contributed by atoms with Crippen molar-refractivity contribution in [1.82, 2.24) is 0 Å². The summed E-state index contributed by atoms with van der Waals surface area (Å²) in [7, 11) is 1.43. The molecule has 7 rings (SSSR count). The van der Waals surface area contributed by atoms with Crippen LogP contribution < -0.4 is 9.64 Å². The van der Waals surface area contributed by atoms with Crippen LogP contribution in [0.2, 0.25) is 0 Å². The molecule has 0 saturated carbocycles. The average molecular weight is 600 g/mol. The first-order chi connectivity index (χ1) is 21.7.